The number of benzene rings is 1. The molecule has 1 saturated carbocycles. The van der Waals surface area contributed by atoms with Gasteiger partial charge in [-0.1, -0.05) is 43.2 Å². The number of aromatic nitrogens is 2. The fourth-order valence-corrected chi connectivity index (χ4v) is 3.53. The molecule has 0 bridgehead atoms. The normalized spacial score (nSPS) is 15.9. The third kappa shape index (κ3) is 3.90. The lowest BCUT2D eigenvalue weighted by atomic mass is 9.91. The smallest absolute Gasteiger partial charge is 0.331 e. The van der Waals surface area contributed by atoms with Gasteiger partial charge in [0.05, 0.1) is 6.04 Å². The molecule has 1 aromatic carbocycles. The van der Waals surface area contributed by atoms with Crippen molar-refractivity contribution >= 4 is 5.91 Å². The fourth-order valence-electron chi connectivity index (χ4n) is 3.53. The Bertz CT molecular complexity index is 848. The van der Waals surface area contributed by atoms with Crippen LogP contribution in [0.15, 0.2) is 52.2 Å². The van der Waals surface area contributed by atoms with E-state index in [0.717, 1.165) is 23.0 Å². The maximum absolute atomic E-state index is 12.5. The molecule has 0 spiro atoms. The number of nitrogens with one attached hydrogen (secondary N) is 1. The van der Waals surface area contributed by atoms with Crippen molar-refractivity contribution in [1.29, 1.82) is 0 Å². The third-order valence-electron chi connectivity index (χ3n) is 4.92. The second-order valence-corrected chi connectivity index (χ2v) is 6.62. The maximum Gasteiger partial charge on any atom is 0.331 e. The molecule has 25 heavy (non-hydrogen) atoms. The number of hydrogen-bond acceptors (Lipinski definition) is 3. The first-order valence-electron chi connectivity index (χ1n) is 8.67. The van der Waals surface area contributed by atoms with E-state index < -0.39 is 5.69 Å². The van der Waals surface area contributed by atoms with Gasteiger partial charge in [0.15, 0.2) is 0 Å². The van der Waals surface area contributed by atoms with E-state index in [-0.39, 0.29) is 24.1 Å². The van der Waals surface area contributed by atoms with Crippen molar-refractivity contribution in [2.45, 2.75) is 38.3 Å². The Morgan fingerprint density at radius 3 is 2.52 bits per heavy atom. The zero-order valence-corrected chi connectivity index (χ0v) is 14.4. The van der Waals surface area contributed by atoms with Crippen molar-refractivity contribution in [3.05, 3.63) is 69.0 Å². The van der Waals surface area contributed by atoms with Crippen LogP contribution in [0.4, 0.5) is 0 Å². The van der Waals surface area contributed by atoms with E-state index in [1.54, 1.807) is 0 Å². The standard InChI is InChI=1S/C19H23N3O3/c1-21-17(24)11-12-22(19(21)25)13-16(23)20-18(15-9-5-6-10-15)14-7-3-2-4-8-14/h2-4,7-8,11-12,15,18H,5-6,9-10,13H2,1H3,(H,20,23)/t18-/m1/s1. The molecule has 1 aromatic heterocycles. The number of amides is 1. The molecule has 132 valence electrons. The molecule has 1 fully saturated rings. The molecule has 1 aliphatic rings. The van der Waals surface area contributed by atoms with Crippen LogP contribution in [-0.4, -0.2) is 15.0 Å². The summed E-state index contributed by atoms with van der Waals surface area (Å²) >= 11 is 0. The highest BCUT2D eigenvalue weighted by Crippen LogP contribution is 2.35. The summed E-state index contributed by atoms with van der Waals surface area (Å²) in [6, 6.07) is 11.2. The third-order valence-corrected chi connectivity index (χ3v) is 4.92. The van der Waals surface area contributed by atoms with E-state index in [0.29, 0.717) is 5.92 Å². The molecule has 3 rings (SSSR count). The summed E-state index contributed by atoms with van der Waals surface area (Å²) in [5.74, 6) is 0.199. The van der Waals surface area contributed by atoms with Crippen LogP contribution >= 0.6 is 0 Å². The minimum absolute atomic E-state index is 0.0422. The molecule has 0 unspecified atom stereocenters. The topological polar surface area (TPSA) is 73.1 Å². The largest absolute Gasteiger partial charge is 0.347 e. The summed E-state index contributed by atoms with van der Waals surface area (Å²) in [5, 5.41) is 3.10. The summed E-state index contributed by atoms with van der Waals surface area (Å²) in [5.41, 5.74) is 0.227. The Kier molecular flexibility index (Phi) is 5.16. The number of carbonyl (C=O) groups excluding carboxylic acids is 1. The molecule has 0 aliphatic heterocycles. The lowest BCUT2D eigenvalue weighted by Crippen LogP contribution is -2.41. The Hall–Kier alpha value is -2.63. The first-order valence-corrected chi connectivity index (χ1v) is 8.67. The van der Waals surface area contributed by atoms with Gasteiger partial charge in [-0.05, 0) is 24.3 Å². The molecule has 1 N–H and O–H groups in total. The fraction of sp³-hybridized carbons (Fsp3) is 0.421. The van der Waals surface area contributed by atoms with E-state index in [1.165, 1.54) is 36.7 Å². The summed E-state index contributed by atoms with van der Waals surface area (Å²) in [6.45, 7) is -0.0942. The first kappa shape index (κ1) is 17.2. The van der Waals surface area contributed by atoms with Gasteiger partial charge >= 0.3 is 5.69 Å². The molecule has 1 aliphatic carbocycles. The molecule has 0 saturated heterocycles. The Morgan fingerprint density at radius 2 is 1.84 bits per heavy atom. The van der Waals surface area contributed by atoms with Crippen molar-refractivity contribution in [2.24, 2.45) is 13.0 Å². The van der Waals surface area contributed by atoms with Gasteiger partial charge in [0.2, 0.25) is 5.91 Å². The predicted octanol–water partition coefficient (Wildman–Crippen LogP) is 1.59. The highest BCUT2D eigenvalue weighted by molar-refractivity contribution is 5.76. The van der Waals surface area contributed by atoms with Crippen molar-refractivity contribution < 1.29 is 4.79 Å². The molecule has 6 nitrogen and oxygen atoms in total. The molecule has 1 atom stereocenters. The van der Waals surface area contributed by atoms with Gasteiger partial charge in [0.1, 0.15) is 6.54 Å². The predicted molar refractivity (Wildman–Crippen MR) is 95.2 cm³/mol. The van der Waals surface area contributed by atoms with Gasteiger partial charge in [0.25, 0.3) is 5.56 Å². The van der Waals surface area contributed by atoms with Crippen molar-refractivity contribution in [2.75, 3.05) is 0 Å². The van der Waals surface area contributed by atoms with Crippen LogP contribution in [0.25, 0.3) is 0 Å². The Balaban J connectivity index is 1.78. The Labute approximate surface area is 146 Å². The molecule has 6 heteroatoms. The number of hydrogen-bond donors (Lipinski definition) is 1. The minimum Gasteiger partial charge on any atom is -0.347 e. The summed E-state index contributed by atoms with van der Waals surface area (Å²) < 4.78 is 2.26. The number of nitrogens with zero attached hydrogens (tertiary/aromatic N) is 2. The molecular weight excluding hydrogens is 318 g/mol. The maximum atomic E-state index is 12.5. The van der Waals surface area contributed by atoms with Crippen LogP contribution in [0.1, 0.15) is 37.3 Å². The average Bonchev–Trinajstić information content (AvgIpc) is 3.15. The Morgan fingerprint density at radius 1 is 1.16 bits per heavy atom. The van der Waals surface area contributed by atoms with E-state index in [9.17, 15) is 14.4 Å². The van der Waals surface area contributed by atoms with E-state index in [4.69, 9.17) is 0 Å². The monoisotopic (exact) mass is 341 g/mol. The quantitative estimate of drug-likeness (QED) is 0.898. The van der Waals surface area contributed by atoms with E-state index in [1.807, 2.05) is 30.3 Å². The van der Waals surface area contributed by atoms with Crippen LogP contribution in [0.5, 0.6) is 0 Å². The SMILES string of the molecule is Cn1c(=O)ccn(CC(=O)N[C@H](c2ccccc2)C2CCCC2)c1=O. The molecule has 0 radical (unpaired) electrons. The van der Waals surface area contributed by atoms with Crippen LogP contribution < -0.4 is 16.6 Å². The van der Waals surface area contributed by atoms with Crippen molar-refractivity contribution in [3.8, 4) is 0 Å². The lowest BCUT2D eigenvalue weighted by Gasteiger charge is -2.25. The van der Waals surface area contributed by atoms with Crippen LogP contribution in [0, 0.1) is 5.92 Å². The van der Waals surface area contributed by atoms with E-state index in [2.05, 4.69) is 5.32 Å². The van der Waals surface area contributed by atoms with Gasteiger partial charge in [-0.2, -0.15) is 0 Å². The van der Waals surface area contributed by atoms with Gasteiger partial charge in [-0.25, -0.2) is 4.79 Å². The van der Waals surface area contributed by atoms with Gasteiger partial charge in [-0.3, -0.25) is 18.7 Å². The van der Waals surface area contributed by atoms with Gasteiger partial charge in [0, 0.05) is 19.3 Å². The first-order chi connectivity index (χ1) is 12.1. The second kappa shape index (κ2) is 7.51. The number of carbonyl (C=O) groups is 1. The molecule has 1 heterocycles. The molecule has 2 aromatic rings. The zero-order valence-electron chi connectivity index (χ0n) is 14.4. The average molecular weight is 341 g/mol. The van der Waals surface area contributed by atoms with Gasteiger partial charge < -0.3 is 5.32 Å². The zero-order chi connectivity index (χ0) is 17.8. The highest BCUT2D eigenvalue weighted by atomic mass is 16.2. The van der Waals surface area contributed by atoms with Crippen LogP contribution in [-0.2, 0) is 18.4 Å². The van der Waals surface area contributed by atoms with Crippen molar-refractivity contribution in [1.82, 2.24) is 14.5 Å². The summed E-state index contributed by atoms with van der Waals surface area (Å²) in [7, 11) is 1.41. The highest BCUT2D eigenvalue weighted by Gasteiger charge is 2.27. The van der Waals surface area contributed by atoms with Gasteiger partial charge in [-0.15, -0.1) is 0 Å². The van der Waals surface area contributed by atoms with Crippen LogP contribution in [0.3, 0.4) is 0 Å². The van der Waals surface area contributed by atoms with E-state index >= 15 is 0 Å². The second-order valence-electron chi connectivity index (χ2n) is 6.62. The lowest BCUT2D eigenvalue weighted by molar-refractivity contribution is -0.122. The van der Waals surface area contributed by atoms with Crippen molar-refractivity contribution in [3.63, 3.8) is 0 Å². The van der Waals surface area contributed by atoms with Crippen LogP contribution in [0.2, 0.25) is 0 Å². The minimum atomic E-state index is -0.486. The molecular formula is C19H23N3O3. The summed E-state index contributed by atoms with van der Waals surface area (Å²) in [4.78, 5) is 36.1. The summed E-state index contributed by atoms with van der Waals surface area (Å²) in [6.07, 6.45) is 5.94. The number of rotatable bonds is 5. The molecule has 1 amide bonds.